The summed E-state index contributed by atoms with van der Waals surface area (Å²) < 4.78 is 7.16. The molecule has 1 fully saturated rings. The number of aromatic nitrogens is 3. The lowest BCUT2D eigenvalue weighted by Gasteiger charge is -2.21. The van der Waals surface area contributed by atoms with E-state index in [1.807, 2.05) is 43.6 Å². The van der Waals surface area contributed by atoms with E-state index in [4.69, 9.17) is 4.52 Å². The Labute approximate surface area is 157 Å². The van der Waals surface area contributed by atoms with Gasteiger partial charge in [-0.2, -0.15) is 0 Å². The quantitative estimate of drug-likeness (QED) is 0.726. The topological polar surface area (TPSA) is 85.0 Å². The van der Waals surface area contributed by atoms with Crippen LogP contribution in [0, 0.1) is 5.92 Å². The first-order chi connectivity index (χ1) is 13.2. The molecule has 0 aliphatic carbocycles. The average Bonchev–Trinajstić information content (AvgIpc) is 3.30. The van der Waals surface area contributed by atoms with Crippen LogP contribution in [0.2, 0.25) is 0 Å². The molecule has 3 heterocycles. The summed E-state index contributed by atoms with van der Waals surface area (Å²) in [4.78, 5) is 17.0. The molecule has 0 atom stereocenters. The van der Waals surface area contributed by atoms with Crippen LogP contribution in [-0.2, 0) is 13.5 Å². The first kappa shape index (κ1) is 17.5. The minimum atomic E-state index is -0.316. The predicted molar refractivity (Wildman–Crippen MR) is 102 cm³/mol. The lowest BCUT2D eigenvalue weighted by atomic mass is 9.93. The predicted octanol–water partition coefficient (Wildman–Crippen LogP) is 2.87. The molecule has 3 aromatic rings. The summed E-state index contributed by atoms with van der Waals surface area (Å²) in [5, 5.41) is 10.1. The second-order valence-corrected chi connectivity index (χ2v) is 6.96. The van der Waals surface area contributed by atoms with E-state index in [1.165, 1.54) is 0 Å². The number of benzene rings is 1. The highest BCUT2D eigenvalue weighted by Crippen LogP contribution is 2.21. The zero-order chi connectivity index (χ0) is 18.6. The number of piperidine rings is 1. The molecule has 1 aromatic carbocycles. The molecule has 27 heavy (non-hydrogen) atoms. The van der Waals surface area contributed by atoms with Gasteiger partial charge in [-0.15, -0.1) is 0 Å². The van der Waals surface area contributed by atoms with Gasteiger partial charge in [0.1, 0.15) is 5.76 Å². The van der Waals surface area contributed by atoms with E-state index in [1.54, 1.807) is 10.6 Å². The van der Waals surface area contributed by atoms with E-state index >= 15 is 0 Å². The number of carbonyl (C=O) groups is 1. The fourth-order valence-corrected chi connectivity index (χ4v) is 3.38. The van der Waals surface area contributed by atoms with Crippen molar-refractivity contribution in [3.05, 3.63) is 54.0 Å². The fraction of sp³-hybridized carbons (Fsp3) is 0.350. The highest BCUT2D eigenvalue weighted by molar-refractivity contribution is 6.02. The Morgan fingerprint density at radius 2 is 2.07 bits per heavy atom. The van der Waals surface area contributed by atoms with E-state index in [9.17, 15) is 4.79 Å². The second-order valence-electron chi connectivity index (χ2n) is 6.96. The third-order valence-electron chi connectivity index (χ3n) is 4.91. The number of amides is 1. The van der Waals surface area contributed by atoms with Crippen molar-refractivity contribution in [3.8, 4) is 11.3 Å². The summed E-state index contributed by atoms with van der Waals surface area (Å²) in [6, 6.07) is 11.6. The molecule has 7 heteroatoms. The number of anilines is 1. The Morgan fingerprint density at radius 1 is 1.30 bits per heavy atom. The first-order valence-corrected chi connectivity index (χ1v) is 9.25. The van der Waals surface area contributed by atoms with E-state index in [2.05, 4.69) is 20.8 Å². The minimum Gasteiger partial charge on any atom is -0.361 e. The fourth-order valence-electron chi connectivity index (χ4n) is 3.38. The molecule has 0 unspecified atom stereocenters. The van der Waals surface area contributed by atoms with Gasteiger partial charge in [0.2, 0.25) is 5.95 Å². The largest absolute Gasteiger partial charge is 0.361 e. The van der Waals surface area contributed by atoms with E-state index in [-0.39, 0.29) is 11.6 Å². The van der Waals surface area contributed by atoms with E-state index in [0.29, 0.717) is 11.9 Å². The Kier molecular flexibility index (Phi) is 5.02. The normalized spacial score (nSPS) is 15.0. The highest BCUT2D eigenvalue weighted by Gasteiger charge is 2.19. The van der Waals surface area contributed by atoms with Gasteiger partial charge in [-0.1, -0.05) is 35.5 Å². The number of imidazole rings is 1. The van der Waals surface area contributed by atoms with Gasteiger partial charge in [-0.25, -0.2) is 4.98 Å². The molecule has 1 amide bonds. The first-order valence-electron chi connectivity index (χ1n) is 9.25. The van der Waals surface area contributed by atoms with Crippen LogP contribution in [0.15, 0.2) is 47.1 Å². The molecule has 140 valence electrons. The number of hydrogen-bond acceptors (Lipinski definition) is 5. The van der Waals surface area contributed by atoms with E-state index in [0.717, 1.165) is 49.4 Å². The molecular formula is C20H23N5O2. The molecule has 4 rings (SSSR count). The van der Waals surface area contributed by atoms with Crippen LogP contribution in [0.3, 0.4) is 0 Å². The molecule has 2 aromatic heterocycles. The smallest absolute Gasteiger partial charge is 0.280 e. The Hall–Kier alpha value is -2.93. The molecule has 0 radical (unpaired) electrons. The summed E-state index contributed by atoms with van der Waals surface area (Å²) in [6.45, 7) is 2.07. The van der Waals surface area contributed by atoms with Gasteiger partial charge in [-0.3, -0.25) is 10.1 Å². The van der Waals surface area contributed by atoms with Crippen LogP contribution in [0.5, 0.6) is 0 Å². The van der Waals surface area contributed by atoms with Crippen LogP contribution in [0.4, 0.5) is 5.95 Å². The van der Waals surface area contributed by atoms with Crippen LogP contribution >= 0.6 is 0 Å². The number of rotatable bonds is 5. The van der Waals surface area contributed by atoms with Gasteiger partial charge in [0.05, 0.1) is 5.69 Å². The maximum atomic E-state index is 12.5. The van der Waals surface area contributed by atoms with Gasteiger partial charge >= 0.3 is 0 Å². The Morgan fingerprint density at radius 3 is 2.85 bits per heavy atom. The van der Waals surface area contributed by atoms with Crippen molar-refractivity contribution in [1.82, 2.24) is 20.0 Å². The van der Waals surface area contributed by atoms with Crippen molar-refractivity contribution >= 4 is 11.9 Å². The Bertz CT molecular complexity index is 910. The lowest BCUT2D eigenvalue weighted by Crippen LogP contribution is -2.28. The van der Waals surface area contributed by atoms with Crippen molar-refractivity contribution in [2.24, 2.45) is 13.0 Å². The van der Waals surface area contributed by atoms with E-state index < -0.39 is 0 Å². The van der Waals surface area contributed by atoms with Crippen molar-refractivity contribution in [3.63, 3.8) is 0 Å². The van der Waals surface area contributed by atoms with Gasteiger partial charge < -0.3 is 14.4 Å². The number of aryl methyl sites for hydroxylation is 1. The second kappa shape index (κ2) is 7.75. The van der Waals surface area contributed by atoms with Crippen LogP contribution in [0.1, 0.15) is 29.1 Å². The monoisotopic (exact) mass is 365 g/mol. The average molecular weight is 365 g/mol. The summed E-state index contributed by atoms with van der Waals surface area (Å²) >= 11 is 0. The van der Waals surface area contributed by atoms with Gasteiger partial charge in [0, 0.05) is 31.3 Å². The van der Waals surface area contributed by atoms with Crippen molar-refractivity contribution in [2.75, 3.05) is 18.4 Å². The SMILES string of the molecule is Cn1cc(-c2ccccc2)nc1NC(=O)c1cc(CC2CCNCC2)on1. The summed E-state index contributed by atoms with van der Waals surface area (Å²) in [6.07, 6.45) is 4.95. The number of hydrogen-bond donors (Lipinski definition) is 2. The standard InChI is InChI=1S/C20H23N5O2/c1-25-13-18(15-5-3-2-4-6-15)22-20(25)23-19(26)17-12-16(27-24-17)11-14-7-9-21-10-8-14/h2-6,12-14,21H,7-11H2,1H3,(H,22,23,26). The molecule has 1 aliphatic heterocycles. The maximum Gasteiger partial charge on any atom is 0.280 e. The van der Waals surface area contributed by atoms with Crippen LogP contribution in [-0.4, -0.2) is 33.7 Å². The molecule has 1 saturated heterocycles. The molecule has 1 aliphatic rings. The summed E-state index contributed by atoms with van der Waals surface area (Å²) in [5.74, 6) is 1.50. The van der Waals surface area contributed by atoms with Crippen molar-refractivity contribution in [1.29, 1.82) is 0 Å². The lowest BCUT2D eigenvalue weighted by molar-refractivity contribution is 0.101. The van der Waals surface area contributed by atoms with Gasteiger partial charge in [0.15, 0.2) is 5.69 Å². The van der Waals surface area contributed by atoms with Crippen LogP contribution < -0.4 is 10.6 Å². The minimum absolute atomic E-state index is 0.281. The van der Waals surface area contributed by atoms with Gasteiger partial charge in [-0.05, 0) is 31.8 Å². The highest BCUT2D eigenvalue weighted by atomic mass is 16.5. The zero-order valence-electron chi connectivity index (χ0n) is 15.3. The molecule has 2 N–H and O–H groups in total. The number of carbonyl (C=O) groups excluding carboxylic acids is 1. The number of nitrogens with one attached hydrogen (secondary N) is 2. The number of nitrogens with zero attached hydrogens (tertiary/aromatic N) is 3. The molecule has 0 spiro atoms. The van der Waals surface area contributed by atoms with Crippen molar-refractivity contribution < 1.29 is 9.32 Å². The third kappa shape index (κ3) is 4.09. The molecule has 7 nitrogen and oxygen atoms in total. The Balaban J connectivity index is 1.43. The molecular weight excluding hydrogens is 342 g/mol. The summed E-state index contributed by atoms with van der Waals surface area (Å²) in [5.41, 5.74) is 2.09. The molecule has 0 bridgehead atoms. The van der Waals surface area contributed by atoms with Crippen molar-refractivity contribution in [2.45, 2.75) is 19.3 Å². The van der Waals surface area contributed by atoms with Gasteiger partial charge in [0.25, 0.3) is 5.91 Å². The zero-order valence-corrected chi connectivity index (χ0v) is 15.3. The van der Waals surface area contributed by atoms with Crippen LogP contribution in [0.25, 0.3) is 11.3 Å². The molecule has 0 saturated carbocycles. The maximum absolute atomic E-state index is 12.5. The summed E-state index contributed by atoms with van der Waals surface area (Å²) in [7, 11) is 1.85. The third-order valence-corrected chi connectivity index (χ3v) is 4.91.